The average Bonchev–Trinajstić information content (AvgIpc) is 2.53. The highest BCUT2D eigenvalue weighted by molar-refractivity contribution is 5.49. The van der Waals surface area contributed by atoms with E-state index in [1.807, 2.05) is 50.4 Å². The predicted octanol–water partition coefficient (Wildman–Crippen LogP) is 4.43. The van der Waals surface area contributed by atoms with Crippen LogP contribution in [0.5, 0.6) is 0 Å². The van der Waals surface area contributed by atoms with E-state index in [1.165, 1.54) is 6.07 Å². The SMILES string of the molecule is CC[C@@H](N)c1ccc(N(C)C(C)c2ccccc2F)cc1. The Kier molecular flexibility index (Phi) is 4.97. The molecule has 0 saturated heterocycles. The van der Waals surface area contributed by atoms with Crippen LogP contribution in [0.25, 0.3) is 0 Å². The van der Waals surface area contributed by atoms with Crippen molar-refractivity contribution in [3.05, 3.63) is 65.5 Å². The zero-order valence-corrected chi connectivity index (χ0v) is 12.9. The van der Waals surface area contributed by atoms with E-state index < -0.39 is 0 Å². The summed E-state index contributed by atoms with van der Waals surface area (Å²) in [5, 5.41) is 0. The van der Waals surface area contributed by atoms with Crippen LogP contribution in [-0.2, 0) is 0 Å². The quantitative estimate of drug-likeness (QED) is 0.881. The molecule has 0 heterocycles. The van der Waals surface area contributed by atoms with Gasteiger partial charge in [0.2, 0.25) is 0 Å². The van der Waals surface area contributed by atoms with Gasteiger partial charge in [-0.3, -0.25) is 0 Å². The Balaban J connectivity index is 2.20. The second kappa shape index (κ2) is 6.72. The molecule has 2 aromatic rings. The molecule has 112 valence electrons. The molecule has 2 N–H and O–H groups in total. The Morgan fingerprint density at radius 2 is 1.71 bits per heavy atom. The molecule has 0 aliphatic rings. The van der Waals surface area contributed by atoms with Crippen LogP contribution in [0.2, 0.25) is 0 Å². The average molecular weight is 286 g/mol. The first-order valence-electron chi connectivity index (χ1n) is 7.37. The van der Waals surface area contributed by atoms with E-state index in [-0.39, 0.29) is 17.9 Å². The van der Waals surface area contributed by atoms with Crippen LogP contribution in [0.4, 0.5) is 10.1 Å². The molecule has 21 heavy (non-hydrogen) atoms. The lowest BCUT2D eigenvalue weighted by molar-refractivity contribution is 0.585. The van der Waals surface area contributed by atoms with Crippen LogP contribution < -0.4 is 10.6 Å². The molecular formula is C18H23FN2. The van der Waals surface area contributed by atoms with Crippen molar-refractivity contribution in [3.63, 3.8) is 0 Å². The highest BCUT2D eigenvalue weighted by Gasteiger charge is 2.16. The third kappa shape index (κ3) is 3.42. The fourth-order valence-corrected chi connectivity index (χ4v) is 2.44. The number of nitrogens with two attached hydrogens (primary N) is 1. The summed E-state index contributed by atoms with van der Waals surface area (Å²) >= 11 is 0. The maximum Gasteiger partial charge on any atom is 0.128 e. The standard InChI is InChI=1S/C18H23FN2/c1-4-18(20)14-9-11-15(12-10-14)21(3)13(2)16-7-5-6-8-17(16)19/h5-13,18H,4,20H2,1-3H3/t13?,18-/m1/s1. The van der Waals surface area contributed by atoms with E-state index in [1.54, 1.807) is 6.07 Å². The van der Waals surface area contributed by atoms with Crippen LogP contribution in [-0.4, -0.2) is 7.05 Å². The van der Waals surface area contributed by atoms with Gasteiger partial charge in [-0.25, -0.2) is 4.39 Å². The minimum atomic E-state index is -0.165. The molecule has 0 spiro atoms. The second-order valence-electron chi connectivity index (χ2n) is 5.41. The van der Waals surface area contributed by atoms with Gasteiger partial charge in [-0.15, -0.1) is 0 Å². The van der Waals surface area contributed by atoms with Crippen molar-refractivity contribution in [2.24, 2.45) is 5.73 Å². The van der Waals surface area contributed by atoms with Gasteiger partial charge in [-0.05, 0) is 37.1 Å². The monoisotopic (exact) mass is 286 g/mol. The van der Waals surface area contributed by atoms with Gasteiger partial charge in [0, 0.05) is 24.3 Å². The van der Waals surface area contributed by atoms with Crippen molar-refractivity contribution in [1.82, 2.24) is 0 Å². The van der Waals surface area contributed by atoms with E-state index in [2.05, 4.69) is 11.8 Å². The lowest BCUT2D eigenvalue weighted by Crippen LogP contribution is -2.22. The zero-order chi connectivity index (χ0) is 15.4. The van der Waals surface area contributed by atoms with Crippen LogP contribution >= 0.6 is 0 Å². The molecule has 0 aromatic heterocycles. The number of rotatable bonds is 5. The van der Waals surface area contributed by atoms with Gasteiger partial charge >= 0.3 is 0 Å². The number of hydrogen-bond donors (Lipinski definition) is 1. The molecule has 0 aliphatic heterocycles. The highest BCUT2D eigenvalue weighted by atomic mass is 19.1. The van der Waals surface area contributed by atoms with E-state index in [0.29, 0.717) is 5.56 Å². The van der Waals surface area contributed by atoms with Gasteiger partial charge in [0.1, 0.15) is 5.82 Å². The minimum Gasteiger partial charge on any atom is -0.368 e. The van der Waals surface area contributed by atoms with Crippen LogP contribution in [0.15, 0.2) is 48.5 Å². The largest absolute Gasteiger partial charge is 0.368 e. The first-order valence-corrected chi connectivity index (χ1v) is 7.37. The molecule has 0 radical (unpaired) electrons. The van der Waals surface area contributed by atoms with E-state index in [4.69, 9.17) is 5.73 Å². The molecule has 0 bridgehead atoms. The van der Waals surface area contributed by atoms with Gasteiger partial charge < -0.3 is 10.6 Å². The number of anilines is 1. The molecule has 0 amide bonds. The van der Waals surface area contributed by atoms with Crippen LogP contribution in [0.1, 0.15) is 43.5 Å². The Labute approximate surface area is 126 Å². The fourth-order valence-electron chi connectivity index (χ4n) is 2.44. The molecule has 2 rings (SSSR count). The van der Waals surface area contributed by atoms with E-state index in [0.717, 1.165) is 17.7 Å². The maximum absolute atomic E-state index is 13.9. The molecule has 1 unspecified atom stereocenters. The van der Waals surface area contributed by atoms with Gasteiger partial charge in [0.15, 0.2) is 0 Å². The third-order valence-electron chi connectivity index (χ3n) is 4.10. The summed E-state index contributed by atoms with van der Waals surface area (Å²) in [6.45, 7) is 4.08. The molecule has 3 heteroatoms. The van der Waals surface area contributed by atoms with Crippen molar-refractivity contribution in [1.29, 1.82) is 0 Å². The number of nitrogens with zero attached hydrogens (tertiary/aromatic N) is 1. The summed E-state index contributed by atoms with van der Waals surface area (Å²) < 4.78 is 13.9. The Bertz CT molecular complexity index is 580. The predicted molar refractivity (Wildman–Crippen MR) is 86.9 cm³/mol. The Morgan fingerprint density at radius 3 is 2.29 bits per heavy atom. The molecular weight excluding hydrogens is 263 g/mol. The highest BCUT2D eigenvalue weighted by Crippen LogP contribution is 2.27. The lowest BCUT2D eigenvalue weighted by Gasteiger charge is -2.28. The second-order valence-corrected chi connectivity index (χ2v) is 5.41. The Morgan fingerprint density at radius 1 is 1.10 bits per heavy atom. The Hall–Kier alpha value is -1.87. The third-order valence-corrected chi connectivity index (χ3v) is 4.10. The summed E-state index contributed by atoms with van der Waals surface area (Å²) in [6, 6.07) is 15.1. The summed E-state index contributed by atoms with van der Waals surface area (Å²) in [5.74, 6) is -0.165. The smallest absolute Gasteiger partial charge is 0.128 e. The van der Waals surface area contributed by atoms with Crippen LogP contribution in [0.3, 0.4) is 0 Å². The van der Waals surface area contributed by atoms with Crippen molar-refractivity contribution < 1.29 is 4.39 Å². The summed E-state index contributed by atoms with van der Waals surface area (Å²) in [7, 11) is 1.98. The maximum atomic E-state index is 13.9. The van der Waals surface area contributed by atoms with Gasteiger partial charge in [-0.2, -0.15) is 0 Å². The number of hydrogen-bond acceptors (Lipinski definition) is 2. The number of benzene rings is 2. The summed E-state index contributed by atoms with van der Waals surface area (Å²) in [6.07, 6.45) is 0.917. The van der Waals surface area contributed by atoms with Gasteiger partial charge in [0.25, 0.3) is 0 Å². The van der Waals surface area contributed by atoms with Gasteiger partial charge in [0.05, 0.1) is 6.04 Å². The first kappa shape index (κ1) is 15.5. The van der Waals surface area contributed by atoms with Gasteiger partial charge in [-0.1, -0.05) is 37.3 Å². The van der Waals surface area contributed by atoms with E-state index in [9.17, 15) is 4.39 Å². The molecule has 2 aromatic carbocycles. The van der Waals surface area contributed by atoms with Crippen LogP contribution in [0, 0.1) is 5.82 Å². The molecule has 0 aliphatic carbocycles. The molecule has 0 fully saturated rings. The van der Waals surface area contributed by atoms with Crippen molar-refractivity contribution in [3.8, 4) is 0 Å². The normalized spacial score (nSPS) is 13.8. The minimum absolute atomic E-state index is 0.0306. The zero-order valence-electron chi connectivity index (χ0n) is 12.9. The van der Waals surface area contributed by atoms with Crippen molar-refractivity contribution in [2.45, 2.75) is 32.4 Å². The molecule has 2 nitrogen and oxygen atoms in total. The van der Waals surface area contributed by atoms with E-state index >= 15 is 0 Å². The van der Waals surface area contributed by atoms with Crippen molar-refractivity contribution >= 4 is 5.69 Å². The lowest BCUT2D eigenvalue weighted by atomic mass is 10.0. The fraction of sp³-hybridized carbons (Fsp3) is 0.333. The summed E-state index contributed by atoms with van der Waals surface area (Å²) in [5.41, 5.74) is 8.92. The topological polar surface area (TPSA) is 29.3 Å². The first-order chi connectivity index (χ1) is 10.0. The molecule has 0 saturated carbocycles. The van der Waals surface area contributed by atoms with Crippen molar-refractivity contribution in [2.75, 3.05) is 11.9 Å². The summed E-state index contributed by atoms with van der Waals surface area (Å²) in [4.78, 5) is 2.07. The molecule has 2 atom stereocenters. The number of halogens is 1.